The Labute approximate surface area is 197 Å². The van der Waals surface area contributed by atoms with Gasteiger partial charge in [0.05, 0.1) is 34.8 Å². The minimum Gasteiger partial charge on any atom is -0.372 e. The SMILES string of the molecule is C[C@@H]1CN(C(=O)c2ncccc2-c2ccc3c(c2)[nH]c(=O)c2cnn(CC(F)(F)F)c23)C[C@H](C)O1. The quantitative estimate of drug-likeness (QED) is 0.477. The highest BCUT2D eigenvalue weighted by Crippen LogP contribution is 2.30. The molecular formula is C24H22F3N5O3. The summed E-state index contributed by atoms with van der Waals surface area (Å²) in [5.74, 6) is -0.241. The van der Waals surface area contributed by atoms with Gasteiger partial charge < -0.3 is 14.6 Å². The summed E-state index contributed by atoms with van der Waals surface area (Å²) in [6.07, 6.45) is -2.04. The van der Waals surface area contributed by atoms with Crippen LogP contribution in [-0.2, 0) is 11.3 Å². The number of morpholine rings is 1. The molecule has 0 radical (unpaired) electrons. The zero-order valence-corrected chi connectivity index (χ0v) is 19.0. The smallest absolute Gasteiger partial charge is 0.372 e. The van der Waals surface area contributed by atoms with Crippen LogP contribution < -0.4 is 5.56 Å². The van der Waals surface area contributed by atoms with Gasteiger partial charge in [0.15, 0.2) is 0 Å². The summed E-state index contributed by atoms with van der Waals surface area (Å²) in [6, 6.07) is 8.41. The van der Waals surface area contributed by atoms with Gasteiger partial charge in [-0.15, -0.1) is 0 Å². The Morgan fingerprint density at radius 1 is 1.17 bits per heavy atom. The number of fused-ring (bicyclic) bond motifs is 3. The molecule has 1 amide bonds. The molecule has 0 bridgehead atoms. The van der Waals surface area contributed by atoms with Crippen LogP contribution in [0.5, 0.6) is 0 Å². The zero-order chi connectivity index (χ0) is 24.9. The molecule has 4 heterocycles. The third kappa shape index (κ3) is 4.39. The average Bonchev–Trinajstić information content (AvgIpc) is 3.20. The number of alkyl halides is 3. The minimum atomic E-state index is -4.49. The summed E-state index contributed by atoms with van der Waals surface area (Å²) in [4.78, 5) is 34.7. The van der Waals surface area contributed by atoms with E-state index >= 15 is 0 Å². The Hall–Kier alpha value is -3.73. The second-order valence-corrected chi connectivity index (χ2v) is 8.76. The van der Waals surface area contributed by atoms with Crippen molar-refractivity contribution in [2.45, 2.75) is 38.8 Å². The van der Waals surface area contributed by atoms with Gasteiger partial charge in [0, 0.05) is 30.2 Å². The first-order chi connectivity index (χ1) is 16.6. The molecule has 1 N–H and O–H groups in total. The number of halogens is 3. The molecule has 35 heavy (non-hydrogen) atoms. The lowest BCUT2D eigenvalue weighted by molar-refractivity contribution is -0.141. The highest BCUT2D eigenvalue weighted by Gasteiger charge is 2.31. The Morgan fingerprint density at radius 2 is 1.91 bits per heavy atom. The largest absolute Gasteiger partial charge is 0.408 e. The number of nitrogens with one attached hydrogen (secondary N) is 1. The molecule has 2 atom stereocenters. The lowest BCUT2D eigenvalue weighted by atomic mass is 10.0. The predicted octanol–water partition coefficient (Wildman–Crippen LogP) is 3.75. The lowest BCUT2D eigenvalue weighted by Gasteiger charge is -2.35. The number of ether oxygens (including phenoxy) is 1. The molecule has 11 heteroatoms. The first-order valence-corrected chi connectivity index (χ1v) is 11.1. The van der Waals surface area contributed by atoms with E-state index in [0.29, 0.717) is 35.1 Å². The third-order valence-corrected chi connectivity index (χ3v) is 5.96. The molecule has 8 nitrogen and oxygen atoms in total. The maximum Gasteiger partial charge on any atom is 0.408 e. The minimum absolute atomic E-state index is 0.0716. The fourth-order valence-corrected chi connectivity index (χ4v) is 4.64. The number of H-pyrrole nitrogens is 1. The Balaban J connectivity index is 1.60. The van der Waals surface area contributed by atoms with Crippen molar-refractivity contribution in [3.8, 4) is 11.1 Å². The van der Waals surface area contributed by atoms with Gasteiger partial charge in [-0.3, -0.25) is 19.3 Å². The van der Waals surface area contributed by atoms with Crippen molar-refractivity contribution in [1.29, 1.82) is 0 Å². The Bertz CT molecular complexity index is 1480. The van der Waals surface area contributed by atoms with Crippen molar-refractivity contribution in [2.75, 3.05) is 13.1 Å². The molecule has 4 aromatic rings. The van der Waals surface area contributed by atoms with Gasteiger partial charge in [-0.25, -0.2) is 0 Å². The van der Waals surface area contributed by atoms with Gasteiger partial charge in [-0.05, 0) is 31.5 Å². The molecule has 5 rings (SSSR count). The predicted molar refractivity (Wildman–Crippen MR) is 123 cm³/mol. The van der Waals surface area contributed by atoms with Crippen LogP contribution in [0.2, 0.25) is 0 Å². The van der Waals surface area contributed by atoms with Gasteiger partial charge in [-0.1, -0.05) is 18.2 Å². The van der Waals surface area contributed by atoms with Crippen molar-refractivity contribution in [2.24, 2.45) is 0 Å². The summed E-state index contributed by atoms with van der Waals surface area (Å²) in [7, 11) is 0. The topological polar surface area (TPSA) is 93.1 Å². The monoisotopic (exact) mass is 485 g/mol. The van der Waals surface area contributed by atoms with Crippen LogP contribution in [0.1, 0.15) is 24.3 Å². The second kappa shape index (κ2) is 8.49. The van der Waals surface area contributed by atoms with Crippen molar-refractivity contribution in [1.82, 2.24) is 24.6 Å². The molecule has 3 aromatic heterocycles. The van der Waals surface area contributed by atoms with E-state index in [1.165, 1.54) is 6.20 Å². The Morgan fingerprint density at radius 3 is 2.63 bits per heavy atom. The number of benzene rings is 1. The summed E-state index contributed by atoms with van der Waals surface area (Å²) in [5.41, 5.74) is 1.29. The number of aromatic nitrogens is 4. The summed E-state index contributed by atoms with van der Waals surface area (Å²) < 4.78 is 45.7. The van der Waals surface area contributed by atoms with E-state index in [1.54, 1.807) is 35.2 Å². The van der Waals surface area contributed by atoms with E-state index in [0.717, 1.165) is 10.9 Å². The zero-order valence-electron chi connectivity index (χ0n) is 19.0. The summed E-state index contributed by atoms with van der Waals surface area (Å²) in [6.45, 7) is 3.36. The number of aromatic amines is 1. The van der Waals surface area contributed by atoms with Crippen LogP contribution in [0.4, 0.5) is 13.2 Å². The Kier molecular flexibility index (Phi) is 5.59. The first kappa shape index (κ1) is 23.0. The first-order valence-electron chi connectivity index (χ1n) is 11.1. The van der Waals surface area contributed by atoms with Crippen LogP contribution in [0.3, 0.4) is 0 Å². The molecule has 1 aromatic carbocycles. The number of carbonyl (C=O) groups excluding carboxylic acids is 1. The van der Waals surface area contributed by atoms with E-state index in [4.69, 9.17) is 4.74 Å². The molecular weight excluding hydrogens is 463 g/mol. The van der Waals surface area contributed by atoms with Gasteiger partial charge in [0.1, 0.15) is 12.2 Å². The fraction of sp³-hybridized carbons (Fsp3) is 0.333. The van der Waals surface area contributed by atoms with Gasteiger partial charge in [0.2, 0.25) is 0 Å². The molecule has 1 fully saturated rings. The second-order valence-electron chi connectivity index (χ2n) is 8.76. The van der Waals surface area contributed by atoms with E-state index in [2.05, 4.69) is 15.1 Å². The molecule has 0 saturated carbocycles. The highest BCUT2D eigenvalue weighted by atomic mass is 19.4. The summed E-state index contributed by atoms with van der Waals surface area (Å²) in [5, 5.41) is 4.27. The molecule has 1 aliphatic rings. The number of hydrogen-bond acceptors (Lipinski definition) is 5. The van der Waals surface area contributed by atoms with Crippen LogP contribution in [0.15, 0.2) is 47.5 Å². The van der Waals surface area contributed by atoms with E-state index in [-0.39, 0.29) is 34.7 Å². The number of carbonyl (C=O) groups is 1. The number of rotatable bonds is 3. The lowest BCUT2D eigenvalue weighted by Crippen LogP contribution is -2.48. The van der Waals surface area contributed by atoms with Crippen LogP contribution >= 0.6 is 0 Å². The molecule has 0 spiro atoms. The van der Waals surface area contributed by atoms with E-state index in [9.17, 15) is 22.8 Å². The van der Waals surface area contributed by atoms with Gasteiger partial charge in [0.25, 0.3) is 11.5 Å². The molecule has 1 aliphatic heterocycles. The van der Waals surface area contributed by atoms with Crippen molar-refractivity contribution < 1.29 is 22.7 Å². The number of nitrogens with zero attached hydrogens (tertiary/aromatic N) is 4. The maximum absolute atomic E-state index is 13.4. The maximum atomic E-state index is 13.4. The number of amides is 1. The standard InChI is InChI=1S/C24H22F3N5O3/c1-13-10-31(11-14(2)35-13)23(34)20-16(4-3-7-28-20)15-5-6-17-19(8-15)30-22(33)18-9-29-32(21(17)18)12-24(25,26)27/h3-9,13-14H,10-12H2,1-2H3,(H,30,33)/t13-,14+. The highest BCUT2D eigenvalue weighted by molar-refractivity contribution is 6.05. The molecule has 1 saturated heterocycles. The van der Waals surface area contributed by atoms with Crippen LogP contribution in [0.25, 0.3) is 32.9 Å². The average molecular weight is 485 g/mol. The van der Waals surface area contributed by atoms with E-state index < -0.39 is 18.3 Å². The van der Waals surface area contributed by atoms with Gasteiger partial charge >= 0.3 is 6.18 Å². The van der Waals surface area contributed by atoms with Gasteiger partial charge in [-0.2, -0.15) is 18.3 Å². The summed E-state index contributed by atoms with van der Waals surface area (Å²) >= 11 is 0. The molecule has 0 unspecified atom stereocenters. The van der Waals surface area contributed by atoms with Crippen molar-refractivity contribution in [3.05, 3.63) is 58.8 Å². The molecule has 182 valence electrons. The normalized spacial score (nSPS) is 18.9. The molecule has 0 aliphatic carbocycles. The fourth-order valence-electron chi connectivity index (χ4n) is 4.64. The number of hydrogen-bond donors (Lipinski definition) is 1. The third-order valence-electron chi connectivity index (χ3n) is 5.96. The van der Waals surface area contributed by atoms with Crippen LogP contribution in [-0.4, -0.2) is 62.0 Å². The van der Waals surface area contributed by atoms with Crippen molar-refractivity contribution in [3.63, 3.8) is 0 Å². The number of pyridine rings is 2. The van der Waals surface area contributed by atoms with Crippen molar-refractivity contribution >= 4 is 27.7 Å². The van der Waals surface area contributed by atoms with Crippen LogP contribution in [0, 0.1) is 0 Å². The van der Waals surface area contributed by atoms with E-state index in [1.807, 2.05) is 13.8 Å².